The average molecular weight is 388 g/mol. The second-order valence-corrected chi connectivity index (χ2v) is 6.71. The number of hydrogen-bond acceptors (Lipinski definition) is 6. The molecular weight excluding hydrogens is 368 g/mol. The molecule has 1 amide bonds. The molecule has 1 atom stereocenters. The topological polar surface area (TPSA) is 98.7 Å². The smallest absolute Gasteiger partial charge is 0.259 e. The lowest BCUT2D eigenvalue weighted by Gasteiger charge is -2.14. The van der Waals surface area contributed by atoms with Crippen molar-refractivity contribution in [3.05, 3.63) is 77.5 Å². The van der Waals surface area contributed by atoms with Crippen LogP contribution in [0, 0.1) is 13.8 Å². The summed E-state index contributed by atoms with van der Waals surface area (Å²) in [4.78, 5) is 21.3. The van der Waals surface area contributed by atoms with E-state index in [9.17, 15) is 4.79 Å². The van der Waals surface area contributed by atoms with Crippen LogP contribution >= 0.6 is 0 Å². The molecule has 0 aliphatic rings. The minimum Gasteiger partial charge on any atom is -0.345 e. The van der Waals surface area contributed by atoms with Gasteiger partial charge in [0.2, 0.25) is 0 Å². The molecule has 0 aliphatic heterocycles. The van der Waals surface area contributed by atoms with Crippen LogP contribution in [0.3, 0.4) is 0 Å². The zero-order valence-corrected chi connectivity index (χ0v) is 16.3. The SMILES string of the molecule is Cc1noc(-c2ccc(-n3ncc(C(=O)N[C@H](C)c4ccccc4)c3C)nc2)n1. The zero-order chi connectivity index (χ0) is 20.4. The molecule has 1 N–H and O–H groups in total. The number of pyridine rings is 1. The Kier molecular flexibility index (Phi) is 4.90. The van der Waals surface area contributed by atoms with E-state index >= 15 is 0 Å². The molecule has 8 nitrogen and oxygen atoms in total. The molecule has 1 aromatic carbocycles. The third kappa shape index (κ3) is 3.77. The first-order valence-corrected chi connectivity index (χ1v) is 9.20. The van der Waals surface area contributed by atoms with E-state index in [1.807, 2.05) is 50.2 Å². The molecule has 0 fully saturated rings. The summed E-state index contributed by atoms with van der Waals surface area (Å²) in [5.74, 6) is 1.39. The molecule has 4 aromatic rings. The molecular formula is C21H20N6O2. The summed E-state index contributed by atoms with van der Waals surface area (Å²) in [6.07, 6.45) is 3.19. The predicted molar refractivity (Wildman–Crippen MR) is 106 cm³/mol. The highest BCUT2D eigenvalue weighted by molar-refractivity contribution is 5.95. The summed E-state index contributed by atoms with van der Waals surface area (Å²) in [5.41, 5.74) is 2.97. The van der Waals surface area contributed by atoms with Crippen molar-refractivity contribution in [2.45, 2.75) is 26.8 Å². The van der Waals surface area contributed by atoms with Crippen molar-refractivity contribution >= 4 is 5.91 Å². The molecule has 3 aromatic heterocycles. The number of carbonyl (C=O) groups is 1. The standard InChI is InChI=1S/C21H20N6O2/c1-13(16-7-5-4-6-8-16)24-20(28)18-12-23-27(14(18)2)19-10-9-17(11-22-19)21-25-15(3)26-29-21/h4-13H,1-3H3,(H,24,28)/t13-/m1/s1. The van der Waals surface area contributed by atoms with Crippen LogP contribution in [0.15, 0.2) is 59.4 Å². The van der Waals surface area contributed by atoms with E-state index in [1.165, 1.54) is 0 Å². The maximum absolute atomic E-state index is 12.7. The fourth-order valence-electron chi connectivity index (χ4n) is 3.02. The number of amides is 1. The Hall–Kier alpha value is -3.81. The Morgan fingerprint density at radius 3 is 2.55 bits per heavy atom. The number of hydrogen-bond donors (Lipinski definition) is 1. The summed E-state index contributed by atoms with van der Waals surface area (Å²) in [5, 5.41) is 11.1. The Morgan fingerprint density at radius 1 is 1.10 bits per heavy atom. The van der Waals surface area contributed by atoms with Crippen LogP contribution in [0.1, 0.15) is 40.4 Å². The summed E-state index contributed by atoms with van der Waals surface area (Å²) in [6.45, 7) is 5.55. The molecule has 3 heterocycles. The van der Waals surface area contributed by atoms with Gasteiger partial charge in [0, 0.05) is 6.20 Å². The number of nitrogens with one attached hydrogen (secondary N) is 1. The summed E-state index contributed by atoms with van der Waals surface area (Å²) in [7, 11) is 0. The van der Waals surface area contributed by atoms with Crippen LogP contribution in [-0.4, -0.2) is 30.8 Å². The first-order valence-electron chi connectivity index (χ1n) is 9.20. The zero-order valence-electron chi connectivity index (χ0n) is 16.3. The van der Waals surface area contributed by atoms with Crippen LogP contribution in [0.25, 0.3) is 17.3 Å². The lowest BCUT2D eigenvalue weighted by Crippen LogP contribution is -2.27. The summed E-state index contributed by atoms with van der Waals surface area (Å²) < 4.78 is 6.78. The second-order valence-electron chi connectivity index (χ2n) is 6.71. The maximum atomic E-state index is 12.7. The van der Waals surface area contributed by atoms with Gasteiger partial charge in [0.25, 0.3) is 11.8 Å². The normalized spacial score (nSPS) is 12.0. The van der Waals surface area contributed by atoms with E-state index in [1.54, 1.807) is 30.1 Å². The van der Waals surface area contributed by atoms with Crippen LogP contribution in [0.5, 0.6) is 0 Å². The number of carbonyl (C=O) groups excluding carboxylic acids is 1. The van der Waals surface area contributed by atoms with Gasteiger partial charge in [-0.2, -0.15) is 10.1 Å². The van der Waals surface area contributed by atoms with E-state index in [2.05, 4.69) is 25.5 Å². The molecule has 8 heteroatoms. The van der Waals surface area contributed by atoms with Crippen LogP contribution in [0.2, 0.25) is 0 Å². The van der Waals surface area contributed by atoms with Gasteiger partial charge in [-0.15, -0.1) is 0 Å². The van der Waals surface area contributed by atoms with Gasteiger partial charge < -0.3 is 9.84 Å². The van der Waals surface area contributed by atoms with Crippen LogP contribution in [-0.2, 0) is 0 Å². The molecule has 0 spiro atoms. The average Bonchev–Trinajstić information content (AvgIpc) is 3.34. The van der Waals surface area contributed by atoms with Gasteiger partial charge in [0.05, 0.1) is 29.1 Å². The van der Waals surface area contributed by atoms with Gasteiger partial charge in [-0.1, -0.05) is 35.5 Å². The van der Waals surface area contributed by atoms with Crippen LogP contribution < -0.4 is 5.32 Å². The van der Waals surface area contributed by atoms with Gasteiger partial charge in [-0.25, -0.2) is 9.67 Å². The van der Waals surface area contributed by atoms with Gasteiger partial charge in [0.15, 0.2) is 11.6 Å². The van der Waals surface area contributed by atoms with E-state index < -0.39 is 0 Å². The van der Waals surface area contributed by atoms with Gasteiger partial charge in [-0.05, 0) is 38.5 Å². The fraction of sp³-hybridized carbons (Fsp3) is 0.190. The van der Waals surface area contributed by atoms with Gasteiger partial charge in [-0.3, -0.25) is 4.79 Å². The van der Waals surface area contributed by atoms with Crippen molar-refractivity contribution in [1.82, 2.24) is 30.2 Å². The van der Waals surface area contributed by atoms with E-state index in [0.29, 0.717) is 34.4 Å². The second kappa shape index (κ2) is 7.67. The fourth-order valence-corrected chi connectivity index (χ4v) is 3.02. The van der Waals surface area contributed by atoms with E-state index in [0.717, 1.165) is 5.56 Å². The Bertz CT molecular complexity index is 1130. The van der Waals surface area contributed by atoms with Crippen LogP contribution in [0.4, 0.5) is 0 Å². The first kappa shape index (κ1) is 18.5. The molecule has 0 saturated heterocycles. The lowest BCUT2D eigenvalue weighted by atomic mass is 10.1. The molecule has 146 valence electrons. The van der Waals surface area contributed by atoms with Crippen molar-refractivity contribution in [2.75, 3.05) is 0 Å². The van der Waals surface area contributed by atoms with Gasteiger partial charge in [0.1, 0.15) is 0 Å². The summed E-state index contributed by atoms with van der Waals surface area (Å²) >= 11 is 0. The molecule has 4 rings (SSSR count). The quantitative estimate of drug-likeness (QED) is 0.562. The molecule has 29 heavy (non-hydrogen) atoms. The third-order valence-electron chi connectivity index (χ3n) is 4.64. The predicted octanol–water partition coefficient (Wildman–Crippen LogP) is 3.43. The molecule has 0 radical (unpaired) electrons. The molecule has 0 bridgehead atoms. The van der Waals surface area contributed by atoms with Crippen molar-refractivity contribution < 1.29 is 9.32 Å². The van der Waals surface area contributed by atoms with E-state index in [4.69, 9.17) is 4.52 Å². The minimum absolute atomic E-state index is 0.110. The van der Waals surface area contributed by atoms with Crippen molar-refractivity contribution in [2.24, 2.45) is 0 Å². The highest BCUT2D eigenvalue weighted by Gasteiger charge is 2.18. The van der Waals surface area contributed by atoms with Crippen molar-refractivity contribution in [3.8, 4) is 17.3 Å². The van der Waals surface area contributed by atoms with Crippen molar-refractivity contribution in [3.63, 3.8) is 0 Å². The number of aromatic nitrogens is 5. The third-order valence-corrected chi connectivity index (χ3v) is 4.64. The number of nitrogens with zero attached hydrogens (tertiary/aromatic N) is 5. The lowest BCUT2D eigenvalue weighted by molar-refractivity contribution is 0.0939. The van der Waals surface area contributed by atoms with Gasteiger partial charge >= 0.3 is 0 Å². The molecule has 0 saturated carbocycles. The molecule has 0 aliphatic carbocycles. The highest BCUT2D eigenvalue weighted by atomic mass is 16.5. The Labute approximate surface area is 167 Å². The number of benzene rings is 1. The Balaban J connectivity index is 1.53. The Morgan fingerprint density at radius 2 is 1.90 bits per heavy atom. The molecule has 0 unspecified atom stereocenters. The minimum atomic E-state index is -0.178. The number of aryl methyl sites for hydroxylation is 1. The van der Waals surface area contributed by atoms with Crippen molar-refractivity contribution in [1.29, 1.82) is 0 Å². The summed E-state index contributed by atoms with van der Waals surface area (Å²) in [6, 6.07) is 13.3. The highest BCUT2D eigenvalue weighted by Crippen LogP contribution is 2.19. The first-order chi connectivity index (χ1) is 14.0. The largest absolute Gasteiger partial charge is 0.345 e. The maximum Gasteiger partial charge on any atom is 0.259 e. The van der Waals surface area contributed by atoms with E-state index in [-0.39, 0.29) is 11.9 Å². The monoisotopic (exact) mass is 388 g/mol. The number of rotatable bonds is 5.